The molecular weight excluding hydrogens is 284 g/mol. The zero-order valence-corrected chi connectivity index (χ0v) is 13.5. The van der Waals surface area contributed by atoms with Crippen molar-refractivity contribution in [2.24, 2.45) is 7.05 Å². The molecule has 1 aliphatic heterocycles. The summed E-state index contributed by atoms with van der Waals surface area (Å²) in [5, 5.41) is 0. The number of fused-ring (bicyclic) bond motifs is 1. The molecule has 3 aromatic rings. The van der Waals surface area contributed by atoms with Crippen molar-refractivity contribution in [2.75, 3.05) is 13.1 Å². The lowest BCUT2D eigenvalue weighted by Crippen LogP contribution is -2.27. The van der Waals surface area contributed by atoms with Crippen LogP contribution in [0, 0.1) is 0 Å². The smallest absolute Gasteiger partial charge is 0.127 e. The van der Waals surface area contributed by atoms with Crippen LogP contribution in [0.5, 0.6) is 0 Å². The van der Waals surface area contributed by atoms with Crippen molar-refractivity contribution >= 4 is 11.0 Å². The molecule has 1 atom stereocenters. The molecule has 0 bridgehead atoms. The van der Waals surface area contributed by atoms with E-state index in [1.165, 1.54) is 29.9 Å². The molecule has 1 saturated heterocycles. The van der Waals surface area contributed by atoms with Gasteiger partial charge in [0.05, 0.1) is 17.1 Å². The Bertz CT molecular complexity index is 793. The highest BCUT2D eigenvalue weighted by Gasteiger charge is 2.29. The van der Waals surface area contributed by atoms with E-state index in [9.17, 15) is 0 Å². The highest BCUT2D eigenvalue weighted by Crippen LogP contribution is 2.32. The van der Waals surface area contributed by atoms with Gasteiger partial charge in [0, 0.05) is 31.9 Å². The minimum Gasteiger partial charge on any atom is -0.330 e. The first kappa shape index (κ1) is 14.4. The second-order valence-corrected chi connectivity index (χ2v) is 6.28. The van der Waals surface area contributed by atoms with Crippen LogP contribution in [0.4, 0.5) is 0 Å². The zero-order chi connectivity index (χ0) is 15.6. The van der Waals surface area contributed by atoms with E-state index >= 15 is 0 Å². The van der Waals surface area contributed by atoms with E-state index in [4.69, 9.17) is 4.98 Å². The molecule has 23 heavy (non-hydrogen) atoms. The molecule has 4 heteroatoms. The van der Waals surface area contributed by atoms with E-state index in [2.05, 4.69) is 57.9 Å². The topological polar surface area (TPSA) is 34.0 Å². The van der Waals surface area contributed by atoms with Crippen LogP contribution in [0.25, 0.3) is 11.0 Å². The first-order chi connectivity index (χ1) is 11.3. The third kappa shape index (κ3) is 2.75. The fraction of sp³-hybridized carbons (Fsp3) is 0.368. The molecule has 3 heterocycles. The van der Waals surface area contributed by atoms with Gasteiger partial charge >= 0.3 is 0 Å². The number of para-hydroxylation sites is 2. The molecule has 1 aromatic carbocycles. The molecule has 4 rings (SSSR count). The third-order valence-electron chi connectivity index (χ3n) is 4.86. The normalized spacial score (nSPS) is 18.7. The van der Waals surface area contributed by atoms with Gasteiger partial charge in [-0.2, -0.15) is 0 Å². The van der Waals surface area contributed by atoms with Gasteiger partial charge in [-0.1, -0.05) is 18.2 Å². The van der Waals surface area contributed by atoms with E-state index < -0.39 is 0 Å². The van der Waals surface area contributed by atoms with Crippen LogP contribution in [0.3, 0.4) is 0 Å². The first-order valence-electron chi connectivity index (χ1n) is 8.38. The fourth-order valence-electron chi connectivity index (χ4n) is 3.65. The number of benzene rings is 1. The molecule has 118 valence electrons. The average Bonchev–Trinajstić information content (AvgIpc) is 3.19. The Morgan fingerprint density at radius 3 is 2.83 bits per heavy atom. The van der Waals surface area contributed by atoms with Gasteiger partial charge in [0.15, 0.2) is 0 Å². The summed E-state index contributed by atoms with van der Waals surface area (Å²) in [6.07, 6.45) is 5.32. The fourth-order valence-corrected chi connectivity index (χ4v) is 3.65. The number of hydrogen-bond donors (Lipinski definition) is 0. The summed E-state index contributed by atoms with van der Waals surface area (Å²) in [7, 11) is 2.14. The van der Waals surface area contributed by atoms with Gasteiger partial charge in [-0.15, -0.1) is 0 Å². The Labute approximate surface area is 136 Å². The zero-order valence-electron chi connectivity index (χ0n) is 13.5. The first-order valence-corrected chi connectivity index (χ1v) is 8.38. The standard InChI is InChI=1S/C19H22N4/c1-22-17-9-3-2-8-16(17)21-19(22)18-10-6-13-23(18)14-11-15-7-4-5-12-20-15/h2-5,7-9,12,18H,6,10-11,13-14H2,1H3/t18-/m1/s1. The number of imidazole rings is 1. The Kier molecular flexibility index (Phi) is 3.83. The van der Waals surface area contributed by atoms with Crippen molar-refractivity contribution in [3.8, 4) is 0 Å². The third-order valence-corrected chi connectivity index (χ3v) is 4.86. The molecule has 0 amide bonds. The number of hydrogen-bond acceptors (Lipinski definition) is 3. The molecule has 2 aromatic heterocycles. The number of pyridine rings is 1. The highest BCUT2D eigenvalue weighted by atomic mass is 15.2. The maximum absolute atomic E-state index is 4.91. The van der Waals surface area contributed by atoms with Crippen LogP contribution in [-0.4, -0.2) is 32.5 Å². The van der Waals surface area contributed by atoms with Crippen molar-refractivity contribution < 1.29 is 0 Å². The van der Waals surface area contributed by atoms with Crippen molar-refractivity contribution in [1.82, 2.24) is 19.4 Å². The van der Waals surface area contributed by atoms with Gasteiger partial charge in [0.1, 0.15) is 5.82 Å². The van der Waals surface area contributed by atoms with E-state index in [0.29, 0.717) is 6.04 Å². The lowest BCUT2D eigenvalue weighted by atomic mass is 10.2. The van der Waals surface area contributed by atoms with Gasteiger partial charge in [-0.25, -0.2) is 4.98 Å². The van der Waals surface area contributed by atoms with Crippen molar-refractivity contribution in [1.29, 1.82) is 0 Å². The maximum Gasteiger partial charge on any atom is 0.127 e. The maximum atomic E-state index is 4.91. The van der Waals surface area contributed by atoms with Crippen LogP contribution in [0.2, 0.25) is 0 Å². The van der Waals surface area contributed by atoms with Crippen LogP contribution < -0.4 is 0 Å². The van der Waals surface area contributed by atoms with Gasteiger partial charge in [-0.3, -0.25) is 9.88 Å². The predicted molar refractivity (Wildman–Crippen MR) is 92.2 cm³/mol. The van der Waals surface area contributed by atoms with Crippen LogP contribution in [-0.2, 0) is 13.5 Å². The van der Waals surface area contributed by atoms with E-state index in [-0.39, 0.29) is 0 Å². The Balaban J connectivity index is 1.56. The summed E-state index contributed by atoms with van der Waals surface area (Å²) < 4.78 is 2.26. The Morgan fingerprint density at radius 2 is 2.00 bits per heavy atom. The van der Waals surface area contributed by atoms with Crippen molar-refractivity contribution in [2.45, 2.75) is 25.3 Å². The van der Waals surface area contributed by atoms with Gasteiger partial charge in [0.25, 0.3) is 0 Å². The molecule has 0 N–H and O–H groups in total. The van der Waals surface area contributed by atoms with Gasteiger partial charge < -0.3 is 4.57 Å². The summed E-state index contributed by atoms with van der Waals surface area (Å²) in [6, 6.07) is 15.0. The largest absolute Gasteiger partial charge is 0.330 e. The second kappa shape index (κ2) is 6.13. The highest BCUT2D eigenvalue weighted by molar-refractivity contribution is 5.75. The van der Waals surface area contributed by atoms with Crippen LogP contribution in [0.15, 0.2) is 48.7 Å². The summed E-state index contributed by atoms with van der Waals surface area (Å²) in [6.45, 7) is 2.20. The quantitative estimate of drug-likeness (QED) is 0.741. The number of rotatable bonds is 4. The Morgan fingerprint density at radius 1 is 1.13 bits per heavy atom. The van der Waals surface area contributed by atoms with Crippen LogP contribution >= 0.6 is 0 Å². The van der Waals surface area contributed by atoms with Crippen LogP contribution in [0.1, 0.15) is 30.4 Å². The van der Waals surface area contributed by atoms with Gasteiger partial charge in [0.2, 0.25) is 0 Å². The molecule has 0 aliphatic carbocycles. The van der Waals surface area contributed by atoms with Gasteiger partial charge in [-0.05, 0) is 43.7 Å². The minimum absolute atomic E-state index is 0.427. The summed E-state index contributed by atoms with van der Waals surface area (Å²) in [5.41, 5.74) is 3.49. The Hall–Kier alpha value is -2.20. The lowest BCUT2D eigenvalue weighted by molar-refractivity contribution is 0.248. The molecular formula is C19H22N4. The van der Waals surface area contributed by atoms with E-state index in [0.717, 1.165) is 25.0 Å². The van der Waals surface area contributed by atoms with E-state index in [1.807, 2.05) is 12.3 Å². The summed E-state index contributed by atoms with van der Waals surface area (Å²) in [5.74, 6) is 1.20. The average molecular weight is 306 g/mol. The molecule has 0 radical (unpaired) electrons. The number of nitrogens with zero attached hydrogens (tertiary/aromatic N) is 4. The van der Waals surface area contributed by atoms with E-state index in [1.54, 1.807) is 0 Å². The molecule has 0 spiro atoms. The predicted octanol–water partition coefficient (Wildman–Crippen LogP) is 3.35. The minimum atomic E-state index is 0.427. The molecule has 1 fully saturated rings. The molecule has 1 aliphatic rings. The SMILES string of the molecule is Cn1c([C@H]2CCCN2CCc2ccccn2)nc2ccccc21. The number of aromatic nitrogens is 3. The molecule has 0 saturated carbocycles. The van der Waals surface area contributed by atoms with Crippen molar-refractivity contribution in [3.05, 3.63) is 60.2 Å². The molecule has 4 nitrogen and oxygen atoms in total. The molecule has 0 unspecified atom stereocenters. The summed E-state index contributed by atoms with van der Waals surface area (Å²) >= 11 is 0. The second-order valence-electron chi connectivity index (χ2n) is 6.28. The monoisotopic (exact) mass is 306 g/mol. The number of likely N-dealkylation sites (tertiary alicyclic amines) is 1. The lowest BCUT2D eigenvalue weighted by Gasteiger charge is -2.23. The number of aryl methyl sites for hydroxylation is 1. The summed E-state index contributed by atoms with van der Waals surface area (Å²) in [4.78, 5) is 11.9. The van der Waals surface area contributed by atoms with Crippen molar-refractivity contribution in [3.63, 3.8) is 0 Å².